The van der Waals surface area contributed by atoms with Crippen molar-refractivity contribution in [1.82, 2.24) is 5.16 Å². The van der Waals surface area contributed by atoms with Crippen LogP contribution in [-0.4, -0.2) is 5.16 Å². The average Bonchev–Trinajstić information content (AvgIpc) is 2.41. The van der Waals surface area contributed by atoms with E-state index in [-0.39, 0.29) is 0 Å². The second-order valence-electron chi connectivity index (χ2n) is 2.84. The maximum Gasteiger partial charge on any atom is 0.196 e. The minimum Gasteiger partial charge on any atom is -0.459 e. The van der Waals surface area contributed by atoms with E-state index in [4.69, 9.17) is 8.94 Å². The van der Waals surface area contributed by atoms with Crippen molar-refractivity contribution in [3.05, 3.63) is 18.1 Å². The molecule has 0 aliphatic carbocycles. The van der Waals surface area contributed by atoms with Gasteiger partial charge in [0.25, 0.3) is 0 Å². The number of rotatable bonds is 1. The summed E-state index contributed by atoms with van der Waals surface area (Å²) in [7, 11) is 0. The van der Waals surface area contributed by atoms with E-state index in [9.17, 15) is 0 Å². The fourth-order valence-electron chi connectivity index (χ4n) is 1.07. The Balaban J connectivity index is 2.68. The SMILES string of the molecule is CC(C)c1onc2ccoc12. The van der Waals surface area contributed by atoms with Crippen LogP contribution in [0.4, 0.5) is 0 Å². The molecule has 0 aliphatic heterocycles. The highest BCUT2D eigenvalue weighted by atomic mass is 16.5. The van der Waals surface area contributed by atoms with Gasteiger partial charge < -0.3 is 8.94 Å². The second-order valence-corrected chi connectivity index (χ2v) is 2.84. The van der Waals surface area contributed by atoms with Crippen molar-refractivity contribution >= 4 is 11.1 Å². The summed E-state index contributed by atoms with van der Waals surface area (Å²) in [6.45, 7) is 4.09. The zero-order chi connectivity index (χ0) is 7.84. The summed E-state index contributed by atoms with van der Waals surface area (Å²) in [4.78, 5) is 0. The molecule has 0 saturated heterocycles. The molecule has 58 valence electrons. The van der Waals surface area contributed by atoms with Crippen LogP contribution in [-0.2, 0) is 0 Å². The lowest BCUT2D eigenvalue weighted by atomic mass is 10.1. The number of hydrogen-bond donors (Lipinski definition) is 0. The Kier molecular flexibility index (Phi) is 1.24. The van der Waals surface area contributed by atoms with E-state index in [0.29, 0.717) is 5.92 Å². The van der Waals surface area contributed by atoms with Crippen LogP contribution in [0.5, 0.6) is 0 Å². The molecule has 0 fully saturated rings. The molecule has 2 aromatic heterocycles. The maximum absolute atomic E-state index is 5.19. The molecule has 0 bridgehead atoms. The number of aromatic nitrogens is 1. The maximum atomic E-state index is 5.19. The van der Waals surface area contributed by atoms with Crippen LogP contribution >= 0.6 is 0 Å². The third-order valence-corrected chi connectivity index (χ3v) is 1.63. The van der Waals surface area contributed by atoms with Crippen LogP contribution in [0.3, 0.4) is 0 Å². The van der Waals surface area contributed by atoms with Gasteiger partial charge in [0.15, 0.2) is 16.9 Å². The number of hydrogen-bond acceptors (Lipinski definition) is 3. The molecule has 0 N–H and O–H groups in total. The molecule has 2 heterocycles. The zero-order valence-corrected chi connectivity index (χ0v) is 6.50. The van der Waals surface area contributed by atoms with E-state index in [0.717, 1.165) is 16.9 Å². The van der Waals surface area contributed by atoms with Crippen molar-refractivity contribution < 1.29 is 8.94 Å². The molecule has 0 spiro atoms. The molecule has 0 amide bonds. The third kappa shape index (κ3) is 0.843. The zero-order valence-electron chi connectivity index (χ0n) is 6.50. The molecule has 3 heteroatoms. The van der Waals surface area contributed by atoms with Gasteiger partial charge in [-0.2, -0.15) is 0 Å². The molecule has 2 aromatic rings. The Labute approximate surface area is 64.0 Å². The molecule has 0 radical (unpaired) electrons. The first-order valence-corrected chi connectivity index (χ1v) is 3.62. The second kappa shape index (κ2) is 2.12. The van der Waals surface area contributed by atoms with Crippen molar-refractivity contribution in [1.29, 1.82) is 0 Å². The molecular formula is C8H9NO2. The topological polar surface area (TPSA) is 39.2 Å². The number of fused-ring (bicyclic) bond motifs is 1. The number of furan rings is 1. The normalized spacial score (nSPS) is 11.5. The van der Waals surface area contributed by atoms with Gasteiger partial charge in [0.2, 0.25) is 0 Å². The molecular weight excluding hydrogens is 142 g/mol. The van der Waals surface area contributed by atoms with Gasteiger partial charge in [0, 0.05) is 12.0 Å². The van der Waals surface area contributed by atoms with Crippen LogP contribution in [0.1, 0.15) is 25.5 Å². The van der Waals surface area contributed by atoms with E-state index in [2.05, 4.69) is 5.16 Å². The van der Waals surface area contributed by atoms with Crippen LogP contribution in [0, 0.1) is 0 Å². The van der Waals surface area contributed by atoms with Crippen LogP contribution < -0.4 is 0 Å². The van der Waals surface area contributed by atoms with Gasteiger partial charge in [-0.25, -0.2) is 0 Å². The summed E-state index contributed by atoms with van der Waals surface area (Å²) in [5.41, 5.74) is 1.58. The Hall–Kier alpha value is -1.25. The lowest BCUT2D eigenvalue weighted by Crippen LogP contribution is -1.81. The summed E-state index contributed by atoms with van der Waals surface area (Å²) in [5.74, 6) is 1.15. The van der Waals surface area contributed by atoms with E-state index in [1.54, 1.807) is 12.3 Å². The van der Waals surface area contributed by atoms with Gasteiger partial charge in [-0.3, -0.25) is 0 Å². The smallest absolute Gasteiger partial charge is 0.196 e. The molecule has 0 saturated carbocycles. The van der Waals surface area contributed by atoms with E-state index in [1.165, 1.54) is 0 Å². The predicted molar refractivity (Wildman–Crippen MR) is 40.4 cm³/mol. The van der Waals surface area contributed by atoms with Crippen LogP contribution in [0.2, 0.25) is 0 Å². The first-order valence-electron chi connectivity index (χ1n) is 3.62. The van der Waals surface area contributed by atoms with Crippen molar-refractivity contribution in [2.75, 3.05) is 0 Å². The molecule has 0 aromatic carbocycles. The van der Waals surface area contributed by atoms with Gasteiger partial charge in [0.05, 0.1) is 6.26 Å². The highest BCUT2D eigenvalue weighted by Crippen LogP contribution is 2.25. The van der Waals surface area contributed by atoms with E-state index >= 15 is 0 Å². The molecule has 0 atom stereocenters. The summed E-state index contributed by atoms with van der Waals surface area (Å²) >= 11 is 0. The molecule has 3 nitrogen and oxygen atoms in total. The first kappa shape index (κ1) is 6.46. The summed E-state index contributed by atoms with van der Waals surface area (Å²) in [6.07, 6.45) is 1.62. The van der Waals surface area contributed by atoms with Crippen molar-refractivity contribution in [2.45, 2.75) is 19.8 Å². The van der Waals surface area contributed by atoms with Gasteiger partial charge in [-0.15, -0.1) is 0 Å². The van der Waals surface area contributed by atoms with Crippen LogP contribution in [0.25, 0.3) is 11.1 Å². The molecule has 0 unspecified atom stereocenters. The molecule has 2 rings (SSSR count). The Morgan fingerprint density at radius 3 is 3.00 bits per heavy atom. The standard InChI is InChI=1S/C8H9NO2/c1-5(2)7-8-6(9-11-7)3-4-10-8/h3-5H,1-2H3. The fourth-order valence-corrected chi connectivity index (χ4v) is 1.07. The minimum atomic E-state index is 0.325. The van der Waals surface area contributed by atoms with Crippen molar-refractivity contribution in [2.24, 2.45) is 0 Å². The van der Waals surface area contributed by atoms with E-state index < -0.39 is 0 Å². The lowest BCUT2D eigenvalue weighted by Gasteiger charge is -1.94. The molecule has 11 heavy (non-hydrogen) atoms. The minimum absolute atomic E-state index is 0.325. The van der Waals surface area contributed by atoms with Gasteiger partial charge >= 0.3 is 0 Å². The van der Waals surface area contributed by atoms with Gasteiger partial charge in [-0.1, -0.05) is 19.0 Å². The monoisotopic (exact) mass is 151 g/mol. The number of nitrogens with zero attached hydrogens (tertiary/aromatic N) is 1. The predicted octanol–water partition coefficient (Wildman–Crippen LogP) is 2.54. The average molecular weight is 151 g/mol. The highest BCUT2D eigenvalue weighted by molar-refractivity contribution is 5.74. The van der Waals surface area contributed by atoms with Gasteiger partial charge in [-0.05, 0) is 0 Å². The summed E-state index contributed by atoms with van der Waals surface area (Å²) < 4.78 is 10.3. The summed E-state index contributed by atoms with van der Waals surface area (Å²) in [6, 6.07) is 1.80. The van der Waals surface area contributed by atoms with Gasteiger partial charge in [0.1, 0.15) is 0 Å². The third-order valence-electron chi connectivity index (χ3n) is 1.63. The molecule has 0 aliphatic rings. The van der Waals surface area contributed by atoms with Crippen molar-refractivity contribution in [3.63, 3.8) is 0 Å². The first-order chi connectivity index (χ1) is 5.29. The highest BCUT2D eigenvalue weighted by Gasteiger charge is 2.13. The van der Waals surface area contributed by atoms with E-state index in [1.807, 2.05) is 13.8 Å². The Bertz CT molecular complexity index is 359. The lowest BCUT2D eigenvalue weighted by molar-refractivity contribution is 0.373. The Morgan fingerprint density at radius 1 is 1.45 bits per heavy atom. The fraction of sp³-hybridized carbons (Fsp3) is 0.375. The summed E-state index contributed by atoms with van der Waals surface area (Å²) in [5, 5.41) is 3.83. The quantitative estimate of drug-likeness (QED) is 0.628. The Morgan fingerprint density at radius 2 is 2.27 bits per heavy atom. The van der Waals surface area contributed by atoms with Crippen molar-refractivity contribution in [3.8, 4) is 0 Å². The largest absolute Gasteiger partial charge is 0.459 e. The van der Waals surface area contributed by atoms with Crippen LogP contribution in [0.15, 0.2) is 21.3 Å².